The van der Waals surface area contributed by atoms with E-state index in [-0.39, 0.29) is 7.43 Å². The molecule has 1 saturated heterocycles. The summed E-state index contributed by atoms with van der Waals surface area (Å²) >= 11 is 0. The normalized spacial score (nSPS) is 27.0. The Balaban J connectivity index is -0.000000156. The van der Waals surface area contributed by atoms with Gasteiger partial charge < -0.3 is 0 Å². The molecule has 2 atom stereocenters. The Morgan fingerprint density at radius 2 is 0.933 bits per heavy atom. The van der Waals surface area contributed by atoms with Gasteiger partial charge in [-0.05, 0) is 32.7 Å². The second-order valence-corrected chi connectivity index (χ2v) is 4.63. The maximum atomic E-state index is 2.33. The van der Waals surface area contributed by atoms with Crippen LogP contribution in [-0.2, 0) is 0 Å². The molecule has 0 amide bonds. The van der Waals surface area contributed by atoms with Crippen molar-refractivity contribution in [2.45, 2.75) is 74.9 Å². The minimum Gasteiger partial charge on any atom is -0.298 e. The second kappa shape index (κ2) is 10.5. The molecule has 0 radical (unpaired) electrons. The van der Waals surface area contributed by atoms with Gasteiger partial charge in [0.1, 0.15) is 0 Å². The summed E-state index contributed by atoms with van der Waals surface area (Å²) in [6.45, 7) is 17.4. The highest BCUT2D eigenvalue weighted by Gasteiger charge is 2.34. The van der Waals surface area contributed by atoms with Gasteiger partial charge in [0.2, 0.25) is 0 Å². The van der Waals surface area contributed by atoms with E-state index in [1.165, 1.54) is 0 Å². The Hall–Kier alpha value is -0.0400. The van der Waals surface area contributed by atoms with Crippen LogP contribution >= 0.6 is 0 Å². The van der Waals surface area contributed by atoms with Crippen LogP contribution in [0.15, 0.2) is 0 Å². The number of rotatable bonds is 1. The summed E-state index contributed by atoms with van der Waals surface area (Å²) in [7, 11) is 2.15. The third-order valence-corrected chi connectivity index (χ3v) is 3.23. The maximum Gasteiger partial charge on any atom is 0.0221 e. The monoisotopic (exact) mass is 217 g/mol. The second-order valence-electron chi connectivity index (χ2n) is 4.63. The molecule has 1 fully saturated rings. The first-order chi connectivity index (χ1) is 6.37. The summed E-state index contributed by atoms with van der Waals surface area (Å²) in [5, 5.41) is 0. The molecule has 0 bridgehead atoms. The van der Waals surface area contributed by atoms with Crippen molar-refractivity contribution in [3.63, 3.8) is 0 Å². The third kappa shape index (κ3) is 10.2. The van der Waals surface area contributed by atoms with Crippen molar-refractivity contribution in [2.75, 3.05) is 7.05 Å². The number of nitrogens with zero attached hydrogens (tertiary/aromatic N) is 1. The fourth-order valence-electron chi connectivity index (χ4n) is 0.686. The Morgan fingerprint density at radius 1 is 0.800 bits per heavy atom. The van der Waals surface area contributed by atoms with Gasteiger partial charge in [-0.25, -0.2) is 0 Å². The largest absolute Gasteiger partial charge is 0.298 e. The highest BCUT2D eigenvalue weighted by molar-refractivity contribution is 4.91. The highest BCUT2D eigenvalue weighted by atomic mass is 15.3. The average molecular weight is 217 g/mol. The summed E-state index contributed by atoms with van der Waals surface area (Å²) < 4.78 is 0. The molecule has 96 valence electrons. The van der Waals surface area contributed by atoms with Gasteiger partial charge in [0.25, 0.3) is 0 Å². The van der Waals surface area contributed by atoms with E-state index in [4.69, 9.17) is 0 Å². The van der Waals surface area contributed by atoms with Crippen LogP contribution in [0.3, 0.4) is 0 Å². The Kier molecular flexibility index (Phi) is 14.2. The fourth-order valence-corrected chi connectivity index (χ4v) is 0.686. The van der Waals surface area contributed by atoms with Crippen LogP contribution in [0.5, 0.6) is 0 Å². The van der Waals surface area contributed by atoms with Crippen molar-refractivity contribution >= 4 is 0 Å². The van der Waals surface area contributed by atoms with Gasteiger partial charge in [0.05, 0.1) is 0 Å². The lowest BCUT2D eigenvalue weighted by Gasteiger charge is -2.05. The average Bonchev–Trinajstić information content (AvgIpc) is 2.66. The minimum atomic E-state index is 0. The van der Waals surface area contributed by atoms with Gasteiger partial charge >= 0.3 is 0 Å². The first-order valence-corrected chi connectivity index (χ1v) is 6.09. The standard InChI is InChI=1S/C6H14.C5H11N.C2H6.CH4/c1-5(2)6(3)4;1-4-5(2)6(4)3;1-2;/h5-6H,1-4H3;4-5H,1-3H3;1-2H3;1H4. The zero-order chi connectivity index (χ0) is 11.9. The molecule has 1 rings (SSSR count). The molecule has 1 heteroatoms. The van der Waals surface area contributed by atoms with Crippen molar-refractivity contribution in [3.05, 3.63) is 0 Å². The van der Waals surface area contributed by atoms with Gasteiger partial charge in [-0.1, -0.05) is 49.0 Å². The third-order valence-electron chi connectivity index (χ3n) is 3.23. The molecule has 0 aromatic carbocycles. The van der Waals surface area contributed by atoms with E-state index >= 15 is 0 Å². The molecule has 1 aliphatic heterocycles. The predicted octanol–water partition coefficient (Wildman–Crippen LogP) is 4.67. The van der Waals surface area contributed by atoms with E-state index in [2.05, 4.69) is 53.5 Å². The van der Waals surface area contributed by atoms with Gasteiger partial charge in [0.15, 0.2) is 0 Å². The number of hydrogen-bond donors (Lipinski definition) is 0. The molecular formula is C14H35N. The Bertz CT molecular complexity index is 82.5. The van der Waals surface area contributed by atoms with E-state index in [1.807, 2.05) is 13.8 Å². The van der Waals surface area contributed by atoms with Crippen LogP contribution in [0.2, 0.25) is 0 Å². The molecule has 0 N–H and O–H groups in total. The molecule has 1 heterocycles. The van der Waals surface area contributed by atoms with Crippen molar-refractivity contribution in [1.29, 1.82) is 0 Å². The van der Waals surface area contributed by atoms with Gasteiger partial charge in [-0.2, -0.15) is 0 Å². The Morgan fingerprint density at radius 3 is 0.933 bits per heavy atom. The summed E-state index contributed by atoms with van der Waals surface area (Å²) in [4.78, 5) is 2.33. The van der Waals surface area contributed by atoms with Crippen molar-refractivity contribution < 1.29 is 0 Å². The van der Waals surface area contributed by atoms with Crippen molar-refractivity contribution in [1.82, 2.24) is 4.90 Å². The molecule has 0 aromatic rings. The summed E-state index contributed by atoms with van der Waals surface area (Å²) in [5.74, 6) is 1.70. The zero-order valence-corrected chi connectivity index (χ0v) is 11.8. The number of likely N-dealkylation sites (N-methyl/N-ethyl adjacent to an activating group) is 1. The van der Waals surface area contributed by atoms with Crippen molar-refractivity contribution in [3.8, 4) is 0 Å². The lowest BCUT2D eigenvalue weighted by Crippen LogP contribution is -1.95. The molecule has 1 nitrogen and oxygen atoms in total. The van der Waals surface area contributed by atoms with E-state index in [1.54, 1.807) is 0 Å². The Labute approximate surface area is 99.3 Å². The maximum absolute atomic E-state index is 2.33. The van der Waals surface area contributed by atoms with Crippen LogP contribution in [0.4, 0.5) is 0 Å². The van der Waals surface area contributed by atoms with E-state index < -0.39 is 0 Å². The SMILES string of the molecule is C.CC.CC(C)C(C)C.CC1C(C)N1C. The molecule has 0 aromatic heterocycles. The van der Waals surface area contributed by atoms with Gasteiger partial charge in [0, 0.05) is 12.1 Å². The van der Waals surface area contributed by atoms with E-state index in [9.17, 15) is 0 Å². The molecule has 0 spiro atoms. The smallest absolute Gasteiger partial charge is 0.0221 e. The highest BCUT2D eigenvalue weighted by Crippen LogP contribution is 2.22. The first kappa shape index (κ1) is 20.4. The van der Waals surface area contributed by atoms with Crippen LogP contribution in [0.25, 0.3) is 0 Å². The topological polar surface area (TPSA) is 3.01 Å². The molecular weight excluding hydrogens is 182 g/mol. The molecule has 15 heavy (non-hydrogen) atoms. The molecule has 0 aliphatic carbocycles. The predicted molar refractivity (Wildman–Crippen MR) is 74.4 cm³/mol. The van der Waals surface area contributed by atoms with Crippen LogP contribution in [0.1, 0.15) is 62.8 Å². The summed E-state index contributed by atoms with van der Waals surface area (Å²) in [6.07, 6.45) is 0. The first-order valence-electron chi connectivity index (χ1n) is 6.09. The van der Waals surface area contributed by atoms with E-state index in [0.717, 1.165) is 23.9 Å². The summed E-state index contributed by atoms with van der Waals surface area (Å²) in [5.41, 5.74) is 0. The lowest BCUT2D eigenvalue weighted by atomic mass is 10.0. The molecule has 1 aliphatic rings. The van der Waals surface area contributed by atoms with Crippen LogP contribution in [0, 0.1) is 11.8 Å². The summed E-state index contributed by atoms with van der Waals surface area (Å²) in [6, 6.07) is 1.70. The fraction of sp³-hybridized carbons (Fsp3) is 1.00. The lowest BCUT2D eigenvalue weighted by molar-refractivity contribution is 0.457. The van der Waals surface area contributed by atoms with Crippen LogP contribution < -0.4 is 0 Å². The molecule has 2 unspecified atom stereocenters. The number of hydrogen-bond acceptors (Lipinski definition) is 1. The van der Waals surface area contributed by atoms with Crippen LogP contribution in [-0.4, -0.2) is 24.0 Å². The quantitative estimate of drug-likeness (QED) is 0.577. The van der Waals surface area contributed by atoms with Crippen molar-refractivity contribution in [2.24, 2.45) is 11.8 Å². The van der Waals surface area contributed by atoms with Gasteiger partial charge in [-0.15, -0.1) is 0 Å². The zero-order valence-electron chi connectivity index (χ0n) is 11.8. The molecule has 0 saturated carbocycles. The van der Waals surface area contributed by atoms with E-state index in [0.29, 0.717) is 0 Å². The minimum absolute atomic E-state index is 0. The van der Waals surface area contributed by atoms with Gasteiger partial charge in [-0.3, -0.25) is 4.90 Å².